The Labute approximate surface area is 120 Å². The van der Waals surface area contributed by atoms with Crippen molar-refractivity contribution in [2.24, 2.45) is 0 Å². The van der Waals surface area contributed by atoms with Gasteiger partial charge in [-0.1, -0.05) is 0 Å². The Balaban J connectivity index is 2.25. The van der Waals surface area contributed by atoms with Crippen LogP contribution in [-0.4, -0.2) is 12.1 Å². The predicted molar refractivity (Wildman–Crippen MR) is 73.9 cm³/mol. The van der Waals surface area contributed by atoms with Crippen molar-refractivity contribution in [2.75, 3.05) is 12.4 Å². The summed E-state index contributed by atoms with van der Waals surface area (Å²) in [7, 11) is 1.55. The Morgan fingerprint density at radius 1 is 1.14 bits per heavy atom. The summed E-state index contributed by atoms with van der Waals surface area (Å²) in [5.74, 6) is -2.24. The molecule has 0 aliphatic carbocycles. The van der Waals surface area contributed by atoms with Gasteiger partial charge in [0.2, 0.25) is 0 Å². The second kappa shape index (κ2) is 6.03. The second-order valence-corrected chi connectivity index (χ2v) is 4.64. The third-order valence-electron chi connectivity index (χ3n) is 3.19. The van der Waals surface area contributed by atoms with Gasteiger partial charge in [0.1, 0.15) is 17.3 Å². The van der Waals surface area contributed by atoms with Gasteiger partial charge in [0.25, 0.3) is 0 Å². The van der Waals surface area contributed by atoms with E-state index < -0.39 is 17.5 Å². The Morgan fingerprint density at radius 2 is 1.76 bits per heavy atom. The van der Waals surface area contributed by atoms with Crippen LogP contribution in [0.4, 0.5) is 18.9 Å². The second-order valence-electron chi connectivity index (χ2n) is 4.64. The molecule has 0 fully saturated rings. The number of anilines is 1. The maximum atomic E-state index is 13.5. The van der Waals surface area contributed by atoms with Gasteiger partial charge in [-0.15, -0.1) is 0 Å². The van der Waals surface area contributed by atoms with Crippen LogP contribution in [0.1, 0.15) is 16.8 Å². The molecule has 0 bridgehead atoms. The molecule has 6 heteroatoms. The number of methoxy groups -OCH3 is 1. The molecule has 0 amide bonds. The van der Waals surface area contributed by atoms with Gasteiger partial charge in [0.15, 0.2) is 11.6 Å². The number of nitrogens with one attached hydrogen (secondary N) is 1. The number of aryl methyl sites for hydroxylation is 1. The first-order chi connectivity index (χ1) is 9.93. The quantitative estimate of drug-likeness (QED) is 0.933. The van der Waals surface area contributed by atoms with Gasteiger partial charge in [-0.2, -0.15) is 0 Å². The standard InChI is InChI=1S/C15H15F3N2O/c1-8-6-19-13(9(2)15(8)21-3)7-20-14-11(17)4-10(16)5-12(14)18/h4-6,20H,7H2,1-3H3. The van der Waals surface area contributed by atoms with Gasteiger partial charge in [-0.05, 0) is 13.8 Å². The predicted octanol–water partition coefficient (Wildman–Crippen LogP) is 3.74. The summed E-state index contributed by atoms with van der Waals surface area (Å²) in [6.07, 6.45) is 1.63. The summed E-state index contributed by atoms with van der Waals surface area (Å²) in [4.78, 5) is 4.22. The third kappa shape index (κ3) is 3.09. The van der Waals surface area contributed by atoms with E-state index in [0.717, 1.165) is 11.1 Å². The van der Waals surface area contributed by atoms with E-state index >= 15 is 0 Å². The lowest BCUT2D eigenvalue weighted by atomic mass is 10.1. The molecule has 0 aliphatic rings. The first kappa shape index (κ1) is 15.2. The zero-order valence-electron chi connectivity index (χ0n) is 11.9. The van der Waals surface area contributed by atoms with Crippen molar-refractivity contribution in [2.45, 2.75) is 20.4 Å². The van der Waals surface area contributed by atoms with E-state index in [2.05, 4.69) is 10.3 Å². The van der Waals surface area contributed by atoms with E-state index in [4.69, 9.17) is 4.74 Å². The summed E-state index contributed by atoms with van der Waals surface area (Å²) in [6, 6.07) is 1.25. The highest BCUT2D eigenvalue weighted by Crippen LogP contribution is 2.25. The molecule has 0 aliphatic heterocycles. The van der Waals surface area contributed by atoms with Crippen LogP contribution in [0, 0.1) is 31.3 Å². The van der Waals surface area contributed by atoms with Gasteiger partial charge < -0.3 is 10.1 Å². The molecule has 21 heavy (non-hydrogen) atoms. The topological polar surface area (TPSA) is 34.1 Å². The first-order valence-electron chi connectivity index (χ1n) is 6.31. The molecule has 1 aromatic carbocycles. The molecule has 1 heterocycles. The van der Waals surface area contributed by atoms with Gasteiger partial charge in [0.05, 0.1) is 19.3 Å². The number of nitrogens with zero attached hydrogens (tertiary/aromatic N) is 1. The lowest BCUT2D eigenvalue weighted by molar-refractivity contribution is 0.407. The Bertz CT molecular complexity index is 651. The van der Waals surface area contributed by atoms with Gasteiger partial charge in [0, 0.05) is 29.5 Å². The Hall–Kier alpha value is -2.24. The molecule has 0 saturated heterocycles. The van der Waals surface area contributed by atoms with Crippen LogP contribution in [0.3, 0.4) is 0 Å². The number of benzene rings is 1. The Morgan fingerprint density at radius 3 is 2.33 bits per heavy atom. The molecular formula is C15H15F3N2O. The minimum atomic E-state index is -0.982. The maximum absolute atomic E-state index is 13.5. The Kier molecular flexibility index (Phi) is 4.35. The van der Waals surface area contributed by atoms with E-state index in [1.807, 2.05) is 13.8 Å². The number of rotatable bonds is 4. The summed E-state index contributed by atoms with van der Waals surface area (Å²) in [6.45, 7) is 3.77. The molecule has 3 nitrogen and oxygen atoms in total. The van der Waals surface area contributed by atoms with E-state index in [0.29, 0.717) is 23.6 Å². The smallest absolute Gasteiger partial charge is 0.152 e. The zero-order valence-corrected chi connectivity index (χ0v) is 11.9. The highest BCUT2D eigenvalue weighted by molar-refractivity contribution is 5.48. The molecule has 2 aromatic rings. The lowest BCUT2D eigenvalue weighted by Gasteiger charge is -2.14. The normalized spacial score (nSPS) is 10.6. The summed E-state index contributed by atoms with van der Waals surface area (Å²) in [5.41, 5.74) is 1.88. The molecule has 112 valence electrons. The van der Waals surface area contributed by atoms with E-state index in [1.165, 1.54) is 0 Å². The van der Waals surface area contributed by atoms with Crippen LogP contribution >= 0.6 is 0 Å². The van der Waals surface area contributed by atoms with Crippen molar-refractivity contribution in [1.82, 2.24) is 4.98 Å². The highest BCUT2D eigenvalue weighted by atomic mass is 19.1. The van der Waals surface area contributed by atoms with E-state index in [9.17, 15) is 13.2 Å². The molecular weight excluding hydrogens is 281 g/mol. The lowest BCUT2D eigenvalue weighted by Crippen LogP contribution is -2.08. The van der Waals surface area contributed by atoms with Crippen molar-refractivity contribution < 1.29 is 17.9 Å². The minimum absolute atomic E-state index is 0.0992. The zero-order chi connectivity index (χ0) is 15.6. The SMILES string of the molecule is COc1c(C)cnc(CNc2c(F)cc(F)cc2F)c1C. The number of hydrogen-bond donors (Lipinski definition) is 1. The van der Waals surface area contributed by atoms with Crippen molar-refractivity contribution in [3.63, 3.8) is 0 Å². The molecule has 2 rings (SSSR count). The number of pyridine rings is 1. The molecule has 1 aromatic heterocycles. The van der Waals surface area contributed by atoms with Crippen LogP contribution in [-0.2, 0) is 6.54 Å². The van der Waals surface area contributed by atoms with Gasteiger partial charge >= 0.3 is 0 Å². The van der Waals surface area contributed by atoms with Crippen molar-refractivity contribution in [3.05, 3.63) is 52.6 Å². The maximum Gasteiger partial charge on any atom is 0.152 e. The summed E-state index contributed by atoms with van der Waals surface area (Å²) < 4.78 is 45.2. The highest BCUT2D eigenvalue weighted by Gasteiger charge is 2.13. The minimum Gasteiger partial charge on any atom is -0.496 e. The molecule has 0 radical (unpaired) electrons. The number of hydrogen-bond acceptors (Lipinski definition) is 3. The largest absolute Gasteiger partial charge is 0.496 e. The fraction of sp³-hybridized carbons (Fsp3) is 0.267. The molecule has 0 saturated carbocycles. The molecule has 1 N–H and O–H groups in total. The fourth-order valence-electron chi connectivity index (χ4n) is 2.13. The van der Waals surface area contributed by atoms with Crippen LogP contribution in [0.5, 0.6) is 5.75 Å². The fourth-order valence-corrected chi connectivity index (χ4v) is 2.13. The molecule has 0 unspecified atom stereocenters. The van der Waals surface area contributed by atoms with Crippen molar-refractivity contribution in [3.8, 4) is 5.75 Å². The van der Waals surface area contributed by atoms with Gasteiger partial charge in [-0.3, -0.25) is 4.98 Å². The van der Waals surface area contributed by atoms with Crippen molar-refractivity contribution >= 4 is 5.69 Å². The number of halogens is 3. The van der Waals surface area contributed by atoms with Crippen LogP contribution in [0.2, 0.25) is 0 Å². The van der Waals surface area contributed by atoms with Crippen molar-refractivity contribution in [1.29, 1.82) is 0 Å². The number of ether oxygens (including phenoxy) is 1. The number of aromatic nitrogens is 1. The summed E-state index contributed by atoms with van der Waals surface area (Å²) in [5, 5.41) is 2.60. The average Bonchev–Trinajstić information content (AvgIpc) is 2.40. The average molecular weight is 296 g/mol. The van der Waals surface area contributed by atoms with Crippen LogP contribution < -0.4 is 10.1 Å². The van der Waals surface area contributed by atoms with Crippen LogP contribution in [0.15, 0.2) is 18.3 Å². The van der Waals surface area contributed by atoms with Gasteiger partial charge in [-0.25, -0.2) is 13.2 Å². The molecule has 0 spiro atoms. The first-order valence-corrected chi connectivity index (χ1v) is 6.31. The summed E-state index contributed by atoms with van der Waals surface area (Å²) >= 11 is 0. The van der Waals surface area contributed by atoms with Crippen LogP contribution in [0.25, 0.3) is 0 Å². The van der Waals surface area contributed by atoms with E-state index in [-0.39, 0.29) is 12.2 Å². The molecule has 0 atom stereocenters. The monoisotopic (exact) mass is 296 g/mol. The third-order valence-corrected chi connectivity index (χ3v) is 3.19. The van der Waals surface area contributed by atoms with E-state index in [1.54, 1.807) is 13.3 Å².